The van der Waals surface area contributed by atoms with Gasteiger partial charge in [-0.3, -0.25) is 4.79 Å². The molecule has 0 aromatic heterocycles. The normalized spacial score (nSPS) is 20.9. The Hall–Kier alpha value is -1.39. The van der Waals surface area contributed by atoms with Gasteiger partial charge in [-0.05, 0) is 57.3 Å². The molecule has 2 rings (SSSR count). The number of carbonyl (C=O) groups excluding carboxylic acids is 1. The van der Waals surface area contributed by atoms with Crippen LogP contribution in [0.2, 0.25) is 0 Å². The van der Waals surface area contributed by atoms with Gasteiger partial charge >= 0.3 is 0 Å². The first kappa shape index (κ1) is 18.0. The molecule has 0 bridgehead atoms. The van der Waals surface area contributed by atoms with Crippen molar-refractivity contribution >= 4 is 5.91 Å². The summed E-state index contributed by atoms with van der Waals surface area (Å²) >= 11 is 0. The molecule has 0 aliphatic heterocycles. The molecule has 2 N–H and O–H groups in total. The fourth-order valence-electron chi connectivity index (χ4n) is 3.39. The summed E-state index contributed by atoms with van der Waals surface area (Å²) in [4.78, 5) is 16.7. The van der Waals surface area contributed by atoms with E-state index in [0.29, 0.717) is 24.9 Å². The van der Waals surface area contributed by atoms with E-state index in [4.69, 9.17) is 5.73 Å². The van der Waals surface area contributed by atoms with Crippen LogP contribution in [0.3, 0.4) is 0 Å². The SMILES string of the molecule is CCN(Cc1ccc(CN(C)C)cc1)C(=O)C[C@@H]1CC[C@H](N)C1. The van der Waals surface area contributed by atoms with Gasteiger partial charge in [-0.25, -0.2) is 0 Å². The Morgan fingerprint density at radius 3 is 2.22 bits per heavy atom. The van der Waals surface area contributed by atoms with E-state index in [0.717, 1.165) is 32.4 Å². The highest BCUT2D eigenvalue weighted by Gasteiger charge is 2.25. The van der Waals surface area contributed by atoms with Crippen molar-refractivity contribution in [2.24, 2.45) is 11.7 Å². The van der Waals surface area contributed by atoms with E-state index in [-0.39, 0.29) is 5.91 Å². The van der Waals surface area contributed by atoms with Crippen LogP contribution in [0.1, 0.15) is 43.7 Å². The molecule has 1 fully saturated rings. The van der Waals surface area contributed by atoms with Gasteiger partial charge in [0.1, 0.15) is 0 Å². The van der Waals surface area contributed by atoms with Crippen molar-refractivity contribution < 1.29 is 4.79 Å². The molecule has 1 aromatic carbocycles. The average Bonchev–Trinajstić information content (AvgIpc) is 2.91. The maximum atomic E-state index is 12.5. The lowest BCUT2D eigenvalue weighted by Crippen LogP contribution is -2.31. The Balaban J connectivity index is 1.89. The summed E-state index contributed by atoms with van der Waals surface area (Å²) in [5.41, 5.74) is 8.45. The predicted molar refractivity (Wildman–Crippen MR) is 94.9 cm³/mol. The fraction of sp³-hybridized carbons (Fsp3) is 0.632. The molecule has 23 heavy (non-hydrogen) atoms. The second-order valence-corrected chi connectivity index (χ2v) is 7.11. The highest BCUT2D eigenvalue weighted by Crippen LogP contribution is 2.27. The Kier molecular flexibility index (Phi) is 6.60. The van der Waals surface area contributed by atoms with Gasteiger partial charge in [0.2, 0.25) is 5.91 Å². The summed E-state index contributed by atoms with van der Waals surface area (Å²) in [7, 11) is 4.14. The van der Waals surface area contributed by atoms with Crippen molar-refractivity contribution in [2.75, 3.05) is 20.6 Å². The molecule has 0 heterocycles. The molecule has 4 heteroatoms. The standard InChI is InChI=1S/C19H31N3O/c1-4-22(19(23)12-17-9-10-18(20)11-17)14-16-7-5-15(6-8-16)13-21(2)3/h5-8,17-18H,4,9-14,20H2,1-3H3/t17-,18+/m1/s1. The third kappa shape index (κ3) is 5.63. The first-order chi connectivity index (χ1) is 11.0. The zero-order valence-electron chi connectivity index (χ0n) is 14.8. The summed E-state index contributed by atoms with van der Waals surface area (Å²) in [6, 6.07) is 8.89. The van der Waals surface area contributed by atoms with E-state index in [1.165, 1.54) is 11.1 Å². The van der Waals surface area contributed by atoms with E-state index in [2.05, 4.69) is 50.2 Å². The average molecular weight is 317 g/mol. The molecular weight excluding hydrogens is 286 g/mol. The van der Waals surface area contributed by atoms with Gasteiger partial charge in [0.05, 0.1) is 0 Å². The molecular formula is C19H31N3O. The second-order valence-electron chi connectivity index (χ2n) is 7.11. The van der Waals surface area contributed by atoms with E-state index in [1.807, 2.05) is 4.90 Å². The zero-order chi connectivity index (χ0) is 16.8. The van der Waals surface area contributed by atoms with Crippen molar-refractivity contribution in [3.8, 4) is 0 Å². The van der Waals surface area contributed by atoms with Gasteiger partial charge in [-0.15, -0.1) is 0 Å². The lowest BCUT2D eigenvalue weighted by molar-refractivity contribution is -0.132. The molecule has 1 amide bonds. The number of amides is 1. The van der Waals surface area contributed by atoms with Crippen LogP contribution in [-0.2, 0) is 17.9 Å². The Morgan fingerprint density at radius 1 is 1.13 bits per heavy atom. The molecule has 1 saturated carbocycles. The number of benzene rings is 1. The smallest absolute Gasteiger partial charge is 0.223 e. The Labute approximate surface area is 140 Å². The highest BCUT2D eigenvalue weighted by atomic mass is 16.2. The Morgan fingerprint density at radius 2 is 1.74 bits per heavy atom. The molecule has 0 saturated heterocycles. The number of hydrogen-bond donors (Lipinski definition) is 1. The number of nitrogens with zero attached hydrogens (tertiary/aromatic N) is 2. The third-order valence-electron chi connectivity index (χ3n) is 4.67. The quantitative estimate of drug-likeness (QED) is 0.841. The van der Waals surface area contributed by atoms with E-state index in [9.17, 15) is 4.79 Å². The molecule has 0 unspecified atom stereocenters. The molecule has 1 aliphatic carbocycles. The van der Waals surface area contributed by atoms with Gasteiger partial charge in [0, 0.05) is 32.1 Å². The summed E-state index contributed by atoms with van der Waals surface area (Å²) < 4.78 is 0. The van der Waals surface area contributed by atoms with Crippen molar-refractivity contribution in [1.29, 1.82) is 0 Å². The van der Waals surface area contributed by atoms with Crippen LogP contribution in [0.4, 0.5) is 0 Å². The van der Waals surface area contributed by atoms with Crippen molar-refractivity contribution in [3.63, 3.8) is 0 Å². The number of rotatable bonds is 7. The number of hydrogen-bond acceptors (Lipinski definition) is 3. The molecule has 0 spiro atoms. The summed E-state index contributed by atoms with van der Waals surface area (Å²) in [6.07, 6.45) is 3.82. The third-order valence-corrected chi connectivity index (χ3v) is 4.67. The first-order valence-electron chi connectivity index (χ1n) is 8.73. The summed E-state index contributed by atoms with van der Waals surface area (Å²) in [5, 5.41) is 0. The number of nitrogens with two attached hydrogens (primary N) is 1. The molecule has 0 radical (unpaired) electrons. The van der Waals surface area contributed by atoms with Gasteiger partial charge in [0.15, 0.2) is 0 Å². The van der Waals surface area contributed by atoms with Crippen LogP contribution in [0.5, 0.6) is 0 Å². The molecule has 4 nitrogen and oxygen atoms in total. The van der Waals surface area contributed by atoms with Crippen LogP contribution in [0.25, 0.3) is 0 Å². The van der Waals surface area contributed by atoms with Crippen molar-refractivity contribution in [1.82, 2.24) is 9.80 Å². The lowest BCUT2D eigenvalue weighted by Gasteiger charge is -2.23. The van der Waals surface area contributed by atoms with Crippen LogP contribution in [0.15, 0.2) is 24.3 Å². The topological polar surface area (TPSA) is 49.6 Å². The highest BCUT2D eigenvalue weighted by molar-refractivity contribution is 5.76. The van der Waals surface area contributed by atoms with E-state index >= 15 is 0 Å². The first-order valence-corrected chi connectivity index (χ1v) is 8.73. The zero-order valence-corrected chi connectivity index (χ0v) is 14.8. The van der Waals surface area contributed by atoms with Gasteiger partial charge < -0.3 is 15.5 Å². The minimum Gasteiger partial charge on any atom is -0.339 e. The monoisotopic (exact) mass is 317 g/mol. The predicted octanol–water partition coefficient (Wildman–Crippen LogP) is 2.61. The summed E-state index contributed by atoms with van der Waals surface area (Å²) in [6.45, 7) is 4.46. The lowest BCUT2D eigenvalue weighted by atomic mass is 10.0. The van der Waals surface area contributed by atoms with E-state index in [1.54, 1.807) is 0 Å². The van der Waals surface area contributed by atoms with E-state index < -0.39 is 0 Å². The minimum atomic E-state index is 0.268. The second kappa shape index (κ2) is 8.46. The molecule has 2 atom stereocenters. The van der Waals surface area contributed by atoms with Crippen LogP contribution < -0.4 is 5.73 Å². The van der Waals surface area contributed by atoms with Crippen LogP contribution in [0, 0.1) is 5.92 Å². The number of carbonyl (C=O) groups is 1. The minimum absolute atomic E-state index is 0.268. The maximum Gasteiger partial charge on any atom is 0.223 e. The van der Waals surface area contributed by atoms with Gasteiger partial charge in [0.25, 0.3) is 0 Å². The van der Waals surface area contributed by atoms with Crippen LogP contribution >= 0.6 is 0 Å². The van der Waals surface area contributed by atoms with Gasteiger partial charge in [-0.1, -0.05) is 24.3 Å². The Bertz CT molecular complexity index is 498. The van der Waals surface area contributed by atoms with Crippen molar-refractivity contribution in [2.45, 2.75) is 51.7 Å². The summed E-state index contributed by atoms with van der Waals surface area (Å²) in [5.74, 6) is 0.748. The molecule has 128 valence electrons. The van der Waals surface area contributed by atoms with Crippen LogP contribution in [-0.4, -0.2) is 42.4 Å². The molecule has 1 aromatic rings. The maximum absolute atomic E-state index is 12.5. The molecule has 1 aliphatic rings. The van der Waals surface area contributed by atoms with Gasteiger partial charge in [-0.2, -0.15) is 0 Å². The fourth-order valence-corrected chi connectivity index (χ4v) is 3.39. The van der Waals surface area contributed by atoms with Crippen molar-refractivity contribution in [3.05, 3.63) is 35.4 Å². The largest absolute Gasteiger partial charge is 0.339 e.